The summed E-state index contributed by atoms with van der Waals surface area (Å²) in [6, 6.07) is 17.0. The molecule has 0 spiro atoms. The molecular formula is C34H30N2O8. The van der Waals surface area contributed by atoms with Gasteiger partial charge in [0.05, 0.1) is 34.0 Å². The molecule has 10 nitrogen and oxygen atoms in total. The Morgan fingerprint density at radius 3 is 2.41 bits per heavy atom. The normalized spacial score (nSPS) is 20.0. The van der Waals surface area contributed by atoms with Crippen molar-refractivity contribution < 1.29 is 38.0 Å². The van der Waals surface area contributed by atoms with Gasteiger partial charge < -0.3 is 33.7 Å². The van der Waals surface area contributed by atoms with Crippen molar-refractivity contribution in [1.29, 1.82) is 0 Å². The Bertz CT molecular complexity index is 1840. The SMILES string of the molecule is COC(=O)C1C(=O)C2=C(CC1c1ccc3c(c1)OCO3)Nc1ccc3ncccc3c1C2c1cc(OC)c(OC)c(OC)c1. The number of hydrogen-bond acceptors (Lipinski definition) is 10. The summed E-state index contributed by atoms with van der Waals surface area (Å²) in [7, 11) is 5.95. The van der Waals surface area contributed by atoms with Gasteiger partial charge in [-0.2, -0.15) is 0 Å². The average Bonchev–Trinajstić information content (AvgIpc) is 3.54. The predicted octanol–water partition coefficient (Wildman–Crippen LogP) is 5.35. The number of pyridine rings is 1. The van der Waals surface area contributed by atoms with Gasteiger partial charge in [0.2, 0.25) is 12.5 Å². The molecule has 0 amide bonds. The zero-order chi connectivity index (χ0) is 30.5. The molecule has 3 unspecified atom stereocenters. The molecule has 3 atom stereocenters. The molecule has 7 rings (SSSR count). The number of carbonyl (C=O) groups excluding carboxylic acids is 2. The molecule has 3 aliphatic rings. The van der Waals surface area contributed by atoms with Crippen molar-refractivity contribution in [2.75, 3.05) is 40.5 Å². The maximum atomic E-state index is 14.8. The van der Waals surface area contributed by atoms with Gasteiger partial charge in [-0.05, 0) is 65.6 Å². The number of methoxy groups -OCH3 is 4. The third kappa shape index (κ3) is 4.20. The maximum absolute atomic E-state index is 14.8. The van der Waals surface area contributed by atoms with Crippen LogP contribution in [0.15, 0.2) is 72.1 Å². The molecule has 2 aliphatic heterocycles. The molecule has 0 radical (unpaired) electrons. The number of aromatic nitrogens is 1. The Morgan fingerprint density at radius 1 is 0.909 bits per heavy atom. The number of esters is 1. The van der Waals surface area contributed by atoms with E-state index in [2.05, 4.69) is 10.3 Å². The van der Waals surface area contributed by atoms with E-state index in [9.17, 15) is 9.59 Å². The topological polar surface area (TPSA) is 114 Å². The molecule has 0 bridgehead atoms. The van der Waals surface area contributed by atoms with Crippen LogP contribution >= 0.6 is 0 Å². The lowest BCUT2D eigenvalue weighted by Crippen LogP contribution is -2.40. The Labute approximate surface area is 253 Å². The van der Waals surface area contributed by atoms with Crippen LogP contribution in [0.3, 0.4) is 0 Å². The summed E-state index contributed by atoms with van der Waals surface area (Å²) in [5, 5.41) is 4.44. The summed E-state index contributed by atoms with van der Waals surface area (Å²) >= 11 is 0. The summed E-state index contributed by atoms with van der Waals surface area (Å²) in [4.78, 5) is 32.8. The van der Waals surface area contributed by atoms with Crippen LogP contribution in [0.2, 0.25) is 0 Å². The third-order valence-corrected chi connectivity index (χ3v) is 8.69. The Morgan fingerprint density at radius 2 is 1.68 bits per heavy atom. The van der Waals surface area contributed by atoms with Gasteiger partial charge in [0.1, 0.15) is 5.92 Å². The number of fused-ring (bicyclic) bond motifs is 4. The van der Waals surface area contributed by atoms with E-state index in [1.54, 1.807) is 27.5 Å². The van der Waals surface area contributed by atoms with Gasteiger partial charge in [-0.25, -0.2) is 0 Å². The Balaban J connectivity index is 1.47. The smallest absolute Gasteiger partial charge is 0.317 e. The van der Waals surface area contributed by atoms with Crippen LogP contribution in [0.1, 0.15) is 34.9 Å². The van der Waals surface area contributed by atoms with Crippen molar-refractivity contribution in [3.8, 4) is 28.7 Å². The number of ether oxygens (including phenoxy) is 6. The molecule has 44 heavy (non-hydrogen) atoms. The molecule has 0 fully saturated rings. The molecule has 0 saturated carbocycles. The minimum atomic E-state index is -1.08. The summed E-state index contributed by atoms with van der Waals surface area (Å²) < 4.78 is 33.4. The average molecular weight is 595 g/mol. The molecule has 4 aromatic rings. The largest absolute Gasteiger partial charge is 0.493 e. The number of Topliss-reactive ketones (excluding diaryl/α,β-unsaturated/α-hetero) is 1. The van der Waals surface area contributed by atoms with E-state index < -0.39 is 23.7 Å². The van der Waals surface area contributed by atoms with E-state index >= 15 is 0 Å². The number of nitrogens with one attached hydrogen (secondary N) is 1. The lowest BCUT2D eigenvalue weighted by atomic mass is 9.66. The van der Waals surface area contributed by atoms with Crippen molar-refractivity contribution >= 4 is 28.3 Å². The number of benzene rings is 3. The lowest BCUT2D eigenvalue weighted by Gasteiger charge is -2.40. The fraction of sp³-hybridized carbons (Fsp3) is 0.265. The van der Waals surface area contributed by atoms with E-state index in [-0.39, 0.29) is 12.6 Å². The summed E-state index contributed by atoms with van der Waals surface area (Å²) in [5.74, 6) is -0.543. The molecule has 1 N–H and O–H groups in total. The van der Waals surface area contributed by atoms with E-state index in [0.717, 1.165) is 39.0 Å². The number of allylic oxidation sites excluding steroid dienone is 2. The number of ketones is 1. The van der Waals surface area contributed by atoms with Crippen LogP contribution in [0.25, 0.3) is 10.9 Å². The first-order valence-electron chi connectivity index (χ1n) is 14.2. The number of carbonyl (C=O) groups is 2. The molecule has 0 saturated heterocycles. The molecular weight excluding hydrogens is 564 g/mol. The lowest BCUT2D eigenvalue weighted by molar-refractivity contribution is -0.149. The first-order valence-corrected chi connectivity index (χ1v) is 14.2. The summed E-state index contributed by atoms with van der Waals surface area (Å²) in [6.07, 6.45) is 2.12. The van der Waals surface area contributed by atoms with Gasteiger partial charge in [0, 0.05) is 40.4 Å². The van der Waals surface area contributed by atoms with Crippen molar-refractivity contribution in [1.82, 2.24) is 4.98 Å². The minimum Gasteiger partial charge on any atom is -0.493 e. The van der Waals surface area contributed by atoms with E-state index in [0.29, 0.717) is 40.7 Å². The molecule has 3 heterocycles. The van der Waals surface area contributed by atoms with Crippen LogP contribution in [0.4, 0.5) is 5.69 Å². The standard InChI is InChI=1S/C34H30N2O8/c1-39-26-13-18(14-27(40-2)33(26)41-3)28-29-19-6-5-11-35-21(19)8-9-22(29)36-23-15-20(30(34(38)42-4)32(37)31(23)28)17-7-10-24-25(12-17)44-16-43-24/h5-14,20,28,30,36H,15-16H2,1-4H3. The van der Waals surface area contributed by atoms with E-state index in [4.69, 9.17) is 28.4 Å². The van der Waals surface area contributed by atoms with E-state index in [1.807, 2.05) is 54.6 Å². The van der Waals surface area contributed by atoms with Gasteiger partial charge in [0.15, 0.2) is 28.8 Å². The fourth-order valence-electron chi connectivity index (χ4n) is 6.74. The van der Waals surface area contributed by atoms with Gasteiger partial charge in [-0.3, -0.25) is 14.6 Å². The fourth-order valence-corrected chi connectivity index (χ4v) is 6.74. The van der Waals surface area contributed by atoms with Crippen molar-refractivity contribution in [3.05, 3.63) is 88.8 Å². The highest BCUT2D eigenvalue weighted by atomic mass is 16.7. The molecule has 1 aliphatic carbocycles. The molecule has 1 aromatic heterocycles. The highest BCUT2D eigenvalue weighted by Gasteiger charge is 2.48. The zero-order valence-electron chi connectivity index (χ0n) is 24.6. The van der Waals surface area contributed by atoms with Crippen LogP contribution in [-0.2, 0) is 14.3 Å². The number of hydrogen-bond donors (Lipinski definition) is 1. The number of nitrogens with zero attached hydrogens (tertiary/aromatic N) is 1. The maximum Gasteiger partial charge on any atom is 0.317 e. The van der Waals surface area contributed by atoms with Gasteiger partial charge in [-0.15, -0.1) is 0 Å². The minimum absolute atomic E-state index is 0.121. The highest BCUT2D eigenvalue weighted by Crippen LogP contribution is 2.54. The first-order chi connectivity index (χ1) is 21.5. The van der Waals surface area contributed by atoms with E-state index in [1.165, 1.54) is 7.11 Å². The Hall–Kier alpha value is -5.25. The quantitative estimate of drug-likeness (QED) is 0.232. The molecule has 3 aromatic carbocycles. The summed E-state index contributed by atoms with van der Waals surface area (Å²) in [5.41, 5.74) is 5.22. The second kappa shape index (κ2) is 10.8. The highest BCUT2D eigenvalue weighted by molar-refractivity contribution is 6.13. The zero-order valence-corrected chi connectivity index (χ0v) is 24.6. The third-order valence-electron chi connectivity index (χ3n) is 8.69. The Kier molecular flexibility index (Phi) is 6.76. The second-order valence-corrected chi connectivity index (χ2v) is 10.8. The monoisotopic (exact) mass is 594 g/mol. The van der Waals surface area contributed by atoms with Crippen molar-refractivity contribution in [2.24, 2.45) is 5.92 Å². The van der Waals surface area contributed by atoms with Crippen LogP contribution in [0, 0.1) is 5.92 Å². The predicted molar refractivity (Wildman–Crippen MR) is 161 cm³/mol. The number of anilines is 1. The number of rotatable bonds is 6. The van der Waals surface area contributed by atoms with Gasteiger partial charge in [-0.1, -0.05) is 12.1 Å². The van der Waals surface area contributed by atoms with Crippen LogP contribution in [-0.4, -0.2) is 52.0 Å². The first kappa shape index (κ1) is 27.6. The van der Waals surface area contributed by atoms with Crippen molar-refractivity contribution in [2.45, 2.75) is 18.3 Å². The van der Waals surface area contributed by atoms with Gasteiger partial charge >= 0.3 is 5.97 Å². The second-order valence-electron chi connectivity index (χ2n) is 10.8. The van der Waals surface area contributed by atoms with Gasteiger partial charge in [0.25, 0.3) is 0 Å². The van der Waals surface area contributed by atoms with Crippen molar-refractivity contribution in [3.63, 3.8) is 0 Å². The summed E-state index contributed by atoms with van der Waals surface area (Å²) in [6.45, 7) is 0.121. The van der Waals surface area contributed by atoms with Crippen LogP contribution < -0.4 is 29.0 Å². The molecule has 10 heteroatoms. The molecule has 224 valence electrons. The van der Waals surface area contributed by atoms with Crippen LogP contribution in [0.5, 0.6) is 28.7 Å².